The van der Waals surface area contributed by atoms with Gasteiger partial charge in [0.2, 0.25) is 0 Å². The molecule has 4 aromatic rings. The van der Waals surface area contributed by atoms with Crippen LogP contribution in [0.25, 0.3) is 21.1 Å². The maximum atomic E-state index is 12.5. The molecular weight excluding hydrogens is 382 g/mol. The molecule has 0 saturated carbocycles. The van der Waals surface area contributed by atoms with Gasteiger partial charge in [-0.2, -0.15) is 0 Å². The molecule has 0 aliphatic carbocycles. The number of carbonyl (C=O) groups excluding carboxylic acids is 1. The first kappa shape index (κ1) is 17.6. The number of pyridine rings is 1. The number of thiophene rings is 1. The number of aromatic nitrogens is 3. The maximum absolute atomic E-state index is 12.5. The molecule has 136 valence electrons. The summed E-state index contributed by atoms with van der Waals surface area (Å²) in [5, 5.41) is 10.6. The summed E-state index contributed by atoms with van der Waals surface area (Å²) >= 11 is 7.61. The molecule has 3 heterocycles. The Morgan fingerprint density at radius 2 is 2.07 bits per heavy atom. The van der Waals surface area contributed by atoms with Gasteiger partial charge < -0.3 is 10.6 Å². The highest BCUT2D eigenvalue weighted by Crippen LogP contribution is 2.23. The number of aryl methyl sites for hydroxylation is 1. The number of fused-ring (bicyclic) bond motifs is 2. The topological polar surface area (TPSA) is 79.8 Å². The Balaban J connectivity index is 1.41. The van der Waals surface area contributed by atoms with Gasteiger partial charge in [0.1, 0.15) is 17.0 Å². The third-order valence-electron chi connectivity index (χ3n) is 4.18. The molecule has 6 nitrogen and oxygen atoms in total. The molecule has 0 unspecified atom stereocenters. The third kappa shape index (κ3) is 3.70. The largest absolute Gasteiger partial charge is 0.368 e. The van der Waals surface area contributed by atoms with E-state index in [9.17, 15) is 4.79 Å². The van der Waals surface area contributed by atoms with Crippen molar-refractivity contribution in [3.8, 4) is 0 Å². The van der Waals surface area contributed by atoms with Crippen molar-refractivity contribution in [2.45, 2.75) is 6.92 Å². The average Bonchev–Trinajstić information content (AvgIpc) is 3.14. The van der Waals surface area contributed by atoms with Gasteiger partial charge in [0, 0.05) is 23.5 Å². The second-order valence-electron chi connectivity index (χ2n) is 6.00. The molecule has 3 aromatic heterocycles. The quantitative estimate of drug-likeness (QED) is 0.497. The fourth-order valence-corrected chi connectivity index (χ4v) is 3.77. The summed E-state index contributed by atoms with van der Waals surface area (Å²) < 4.78 is 0. The standard InChI is InChI=1S/C19H16ClN5OS/c1-11-15(9-12-8-13(20)2-3-16(12)25-11)18(26)22-6-5-21-17-14-4-7-27-19(14)24-10-23-17/h2-4,7-10H,5-6H2,1H3,(H,22,26)(H,21,23,24). The lowest BCUT2D eigenvalue weighted by molar-refractivity contribution is 0.0954. The van der Waals surface area contributed by atoms with Crippen molar-refractivity contribution in [3.63, 3.8) is 0 Å². The van der Waals surface area contributed by atoms with E-state index in [1.807, 2.05) is 36.6 Å². The lowest BCUT2D eigenvalue weighted by Gasteiger charge is -2.10. The van der Waals surface area contributed by atoms with Crippen LogP contribution in [0.5, 0.6) is 0 Å². The van der Waals surface area contributed by atoms with Gasteiger partial charge in [0.25, 0.3) is 5.91 Å². The van der Waals surface area contributed by atoms with Crippen LogP contribution >= 0.6 is 22.9 Å². The van der Waals surface area contributed by atoms with Crippen molar-refractivity contribution in [2.24, 2.45) is 0 Å². The minimum absolute atomic E-state index is 0.160. The van der Waals surface area contributed by atoms with E-state index in [1.165, 1.54) is 6.33 Å². The molecule has 1 amide bonds. The monoisotopic (exact) mass is 397 g/mol. The summed E-state index contributed by atoms with van der Waals surface area (Å²) in [5.41, 5.74) is 2.05. The summed E-state index contributed by atoms with van der Waals surface area (Å²) in [6.07, 6.45) is 1.54. The Morgan fingerprint density at radius 3 is 2.96 bits per heavy atom. The normalized spacial score (nSPS) is 11.0. The van der Waals surface area contributed by atoms with Crippen molar-refractivity contribution < 1.29 is 4.79 Å². The number of nitrogens with one attached hydrogen (secondary N) is 2. The van der Waals surface area contributed by atoms with E-state index >= 15 is 0 Å². The van der Waals surface area contributed by atoms with Crippen molar-refractivity contribution in [3.05, 3.63) is 58.3 Å². The molecule has 0 fully saturated rings. The van der Waals surface area contributed by atoms with E-state index in [0.29, 0.717) is 29.4 Å². The van der Waals surface area contributed by atoms with Crippen LogP contribution < -0.4 is 10.6 Å². The fourth-order valence-electron chi connectivity index (χ4n) is 2.86. The Hall–Kier alpha value is -2.77. The van der Waals surface area contributed by atoms with E-state index in [2.05, 4.69) is 25.6 Å². The summed E-state index contributed by atoms with van der Waals surface area (Å²) in [5.74, 6) is 0.612. The lowest BCUT2D eigenvalue weighted by Crippen LogP contribution is -2.29. The minimum Gasteiger partial charge on any atom is -0.368 e. The first-order valence-electron chi connectivity index (χ1n) is 8.39. The number of anilines is 1. The molecule has 2 N–H and O–H groups in total. The highest BCUT2D eigenvalue weighted by Gasteiger charge is 2.12. The summed E-state index contributed by atoms with van der Waals surface area (Å²) in [4.78, 5) is 26.4. The zero-order valence-electron chi connectivity index (χ0n) is 14.5. The van der Waals surface area contributed by atoms with E-state index in [-0.39, 0.29) is 5.91 Å². The molecule has 0 bridgehead atoms. The van der Waals surface area contributed by atoms with Crippen LogP contribution in [0.4, 0.5) is 5.82 Å². The molecular formula is C19H16ClN5OS. The predicted molar refractivity (Wildman–Crippen MR) is 110 cm³/mol. The Kier molecular flexibility index (Phi) is 4.87. The van der Waals surface area contributed by atoms with Crippen LogP contribution in [0, 0.1) is 6.92 Å². The van der Waals surface area contributed by atoms with Crippen molar-refractivity contribution in [1.82, 2.24) is 20.3 Å². The SMILES string of the molecule is Cc1nc2ccc(Cl)cc2cc1C(=O)NCCNc1ncnc2sccc12. The van der Waals surface area contributed by atoms with Gasteiger partial charge in [0.05, 0.1) is 22.2 Å². The first-order valence-corrected chi connectivity index (χ1v) is 9.65. The van der Waals surface area contributed by atoms with Gasteiger partial charge in [0.15, 0.2) is 0 Å². The average molecular weight is 398 g/mol. The molecule has 0 atom stereocenters. The molecule has 0 saturated heterocycles. The van der Waals surface area contributed by atoms with Gasteiger partial charge in [-0.15, -0.1) is 11.3 Å². The van der Waals surface area contributed by atoms with Gasteiger partial charge in [-0.3, -0.25) is 9.78 Å². The fraction of sp³-hybridized carbons (Fsp3) is 0.158. The number of benzene rings is 1. The molecule has 1 aromatic carbocycles. The van der Waals surface area contributed by atoms with Crippen LogP contribution in [-0.2, 0) is 0 Å². The zero-order valence-corrected chi connectivity index (χ0v) is 16.1. The van der Waals surface area contributed by atoms with Crippen LogP contribution in [-0.4, -0.2) is 33.9 Å². The number of hydrogen-bond acceptors (Lipinski definition) is 6. The predicted octanol–water partition coefficient (Wildman–Crippen LogP) is 4.04. The highest BCUT2D eigenvalue weighted by molar-refractivity contribution is 7.16. The van der Waals surface area contributed by atoms with Gasteiger partial charge in [-0.25, -0.2) is 9.97 Å². The minimum atomic E-state index is -0.160. The Labute approximate surface area is 164 Å². The number of amides is 1. The Morgan fingerprint density at radius 1 is 1.19 bits per heavy atom. The van der Waals surface area contributed by atoms with E-state index in [1.54, 1.807) is 17.4 Å². The Bertz CT molecular complexity index is 1140. The van der Waals surface area contributed by atoms with E-state index in [0.717, 1.165) is 26.9 Å². The number of nitrogens with zero attached hydrogens (tertiary/aromatic N) is 3. The van der Waals surface area contributed by atoms with Crippen molar-refractivity contribution in [2.75, 3.05) is 18.4 Å². The van der Waals surface area contributed by atoms with Crippen LogP contribution in [0.15, 0.2) is 42.0 Å². The number of halogens is 1. The van der Waals surface area contributed by atoms with Crippen LogP contribution in [0.1, 0.15) is 16.1 Å². The van der Waals surface area contributed by atoms with Gasteiger partial charge >= 0.3 is 0 Å². The summed E-state index contributed by atoms with van der Waals surface area (Å²) in [6, 6.07) is 9.26. The van der Waals surface area contributed by atoms with E-state index < -0.39 is 0 Å². The summed E-state index contributed by atoms with van der Waals surface area (Å²) in [7, 11) is 0. The second-order valence-corrected chi connectivity index (χ2v) is 7.33. The molecule has 0 aliphatic rings. The van der Waals surface area contributed by atoms with Crippen LogP contribution in [0.2, 0.25) is 5.02 Å². The van der Waals surface area contributed by atoms with Crippen molar-refractivity contribution >= 4 is 55.8 Å². The molecule has 27 heavy (non-hydrogen) atoms. The summed E-state index contributed by atoms with van der Waals surface area (Å²) in [6.45, 7) is 2.84. The third-order valence-corrected chi connectivity index (χ3v) is 5.23. The number of hydrogen-bond donors (Lipinski definition) is 2. The molecule has 0 spiro atoms. The first-order chi connectivity index (χ1) is 13.1. The van der Waals surface area contributed by atoms with Gasteiger partial charge in [-0.05, 0) is 42.6 Å². The molecule has 4 rings (SSSR count). The second kappa shape index (κ2) is 7.46. The lowest BCUT2D eigenvalue weighted by atomic mass is 10.1. The number of carbonyl (C=O) groups is 1. The smallest absolute Gasteiger partial charge is 0.253 e. The van der Waals surface area contributed by atoms with Crippen molar-refractivity contribution in [1.29, 1.82) is 0 Å². The number of rotatable bonds is 5. The maximum Gasteiger partial charge on any atom is 0.253 e. The van der Waals surface area contributed by atoms with Gasteiger partial charge in [-0.1, -0.05) is 11.6 Å². The molecule has 0 aliphatic heterocycles. The zero-order chi connectivity index (χ0) is 18.8. The molecule has 8 heteroatoms. The molecule has 0 radical (unpaired) electrons. The van der Waals surface area contributed by atoms with Crippen LogP contribution in [0.3, 0.4) is 0 Å². The highest BCUT2D eigenvalue weighted by atomic mass is 35.5. The van der Waals surface area contributed by atoms with E-state index in [4.69, 9.17) is 11.6 Å².